The van der Waals surface area contributed by atoms with Crippen LogP contribution in [0.15, 0.2) is 24.3 Å². The highest BCUT2D eigenvalue weighted by molar-refractivity contribution is 5.77. The third-order valence-corrected chi connectivity index (χ3v) is 3.31. The van der Waals surface area contributed by atoms with Gasteiger partial charge in [0.15, 0.2) is 0 Å². The summed E-state index contributed by atoms with van der Waals surface area (Å²) in [4.78, 5) is 15.6. The van der Waals surface area contributed by atoms with Gasteiger partial charge in [0.05, 0.1) is 6.04 Å². The second-order valence-corrected chi connectivity index (χ2v) is 4.52. The summed E-state index contributed by atoms with van der Waals surface area (Å²) in [6, 6.07) is 8.42. The zero-order valence-corrected chi connectivity index (χ0v) is 10.4. The molecule has 1 fully saturated rings. The molecule has 4 heteroatoms. The van der Waals surface area contributed by atoms with Crippen LogP contribution in [0.5, 0.6) is 0 Å². The first kappa shape index (κ1) is 11.9. The summed E-state index contributed by atoms with van der Waals surface area (Å²) >= 11 is 0. The van der Waals surface area contributed by atoms with Crippen molar-refractivity contribution in [3.8, 4) is 0 Å². The smallest absolute Gasteiger partial charge is 0.320 e. The average molecular weight is 233 g/mol. The Hall–Kier alpha value is -1.55. The van der Waals surface area contributed by atoms with Crippen molar-refractivity contribution in [2.24, 2.45) is 5.73 Å². The van der Waals surface area contributed by atoms with Gasteiger partial charge in [0.2, 0.25) is 0 Å². The summed E-state index contributed by atoms with van der Waals surface area (Å²) in [6.45, 7) is 3.94. The molecule has 17 heavy (non-hydrogen) atoms. The van der Waals surface area contributed by atoms with E-state index in [0.29, 0.717) is 13.1 Å². The lowest BCUT2D eigenvalue weighted by molar-refractivity contribution is 0.192. The molecular weight excluding hydrogens is 214 g/mol. The van der Waals surface area contributed by atoms with Gasteiger partial charge in [-0.1, -0.05) is 24.3 Å². The Morgan fingerprint density at radius 3 is 2.76 bits per heavy atom. The van der Waals surface area contributed by atoms with Crippen LogP contribution in [0, 0.1) is 6.92 Å². The molecule has 1 aliphatic rings. The molecule has 1 aromatic rings. The van der Waals surface area contributed by atoms with Crippen LogP contribution in [0.3, 0.4) is 0 Å². The number of carbonyl (C=O) groups is 1. The van der Waals surface area contributed by atoms with Crippen LogP contribution in [-0.2, 0) is 0 Å². The molecule has 0 spiro atoms. The zero-order chi connectivity index (χ0) is 12.4. The van der Waals surface area contributed by atoms with E-state index in [0.717, 1.165) is 6.54 Å². The van der Waals surface area contributed by atoms with E-state index in [-0.39, 0.29) is 12.1 Å². The molecule has 0 aromatic heterocycles. The number of rotatable bonds is 3. The summed E-state index contributed by atoms with van der Waals surface area (Å²) in [5, 5.41) is 0. The van der Waals surface area contributed by atoms with Crippen molar-refractivity contribution in [2.75, 3.05) is 26.7 Å². The largest absolute Gasteiger partial charge is 0.329 e. The van der Waals surface area contributed by atoms with Gasteiger partial charge in [-0.15, -0.1) is 0 Å². The normalized spacial score (nSPS) is 20.2. The number of nitrogens with two attached hydrogens (primary N) is 1. The fourth-order valence-electron chi connectivity index (χ4n) is 2.41. The number of nitrogens with zero attached hydrogens (tertiary/aromatic N) is 2. The van der Waals surface area contributed by atoms with Crippen LogP contribution < -0.4 is 5.73 Å². The Kier molecular flexibility index (Phi) is 3.33. The fourth-order valence-corrected chi connectivity index (χ4v) is 2.41. The lowest BCUT2D eigenvalue weighted by Crippen LogP contribution is -2.34. The predicted molar refractivity (Wildman–Crippen MR) is 67.7 cm³/mol. The van der Waals surface area contributed by atoms with Crippen LogP contribution >= 0.6 is 0 Å². The summed E-state index contributed by atoms with van der Waals surface area (Å²) < 4.78 is 0. The van der Waals surface area contributed by atoms with E-state index in [1.807, 2.05) is 24.1 Å². The summed E-state index contributed by atoms with van der Waals surface area (Å²) in [5.41, 5.74) is 8.03. The number of urea groups is 1. The van der Waals surface area contributed by atoms with Gasteiger partial charge in [-0.3, -0.25) is 0 Å². The molecule has 0 saturated carbocycles. The van der Waals surface area contributed by atoms with Gasteiger partial charge in [0, 0.05) is 26.7 Å². The van der Waals surface area contributed by atoms with Crippen LogP contribution in [-0.4, -0.2) is 42.5 Å². The minimum Gasteiger partial charge on any atom is -0.329 e. The minimum atomic E-state index is 0.0729. The number of amides is 2. The standard InChI is InChI=1S/C13H19N3O/c1-10-5-3-4-6-11(10)12-9-15(2)13(17)16(12)8-7-14/h3-6,12H,7-9,14H2,1-2H3. The number of likely N-dealkylation sites (N-methyl/N-ethyl adjacent to an activating group) is 1. The van der Waals surface area contributed by atoms with Gasteiger partial charge in [-0.2, -0.15) is 0 Å². The van der Waals surface area contributed by atoms with Crippen molar-refractivity contribution in [3.05, 3.63) is 35.4 Å². The number of hydrogen-bond acceptors (Lipinski definition) is 2. The molecule has 1 aromatic carbocycles. The first-order valence-electron chi connectivity index (χ1n) is 5.92. The van der Waals surface area contributed by atoms with E-state index in [9.17, 15) is 4.79 Å². The highest BCUT2D eigenvalue weighted by Gasteiger charge is 2.35. The second-order valence-electron chi connectivity index (χ2n) is 4.52. The van der Waals surface area contributed by atoms with E-state index in [1.165, 1.54) is 11.1 Å². The molecule has 0 bridgehead atoms. The Morgan fingerprint density at radius 2 is 2.12 bits per heavy atom. The Labute approximate surface area is 102 Å². The van der Waals surface area contributed by atoms with Crippen molar-refractivity contribution in [1.29, 1.82) is 0 Å². The minimum absolute atomic E-state index is 0.0729. The molecule has 92 valence electrons. The third kappa shape index (κ3) is 2.13. The summed E-state index contributed by atoms with van der Waals surface area (Å²) in [6.07, 6.45) is 0. The molecule has 2 rings (SSSR count). The summed E-state index contributed by atoms with van der Waals surface area (Å²) in [7, 11) is 1.84. The van der Waals surface area contributed by atoms with Crippen molar-refractivity contribution < 1.29 is 4.79 Å². The van der Waals surface area contributed by atoms with Crippen LogP contribution in [0.4, 0.5) is 4.79 Å². The lowest BCUT2D eigenvalue weighted by atomic mass is 10.0. The zero-order valence-electron chi connectivity index (χ0n) is 10.4. The van der Waals surface area contributed by atoms with Crippen molar-refractivity contribution >= 4 is 6.03 Å². The molecule has 1 saturated heterocycles. The van der Waals surface area contributed by atoms with Gasteiger partial charge < -0.3 is 15.5 Å². The topological polar surface area (TPSA) is 49.6 Å². The molecule has 0 radical (unpaired) electrons. The average Bonchev–Trinajstić information content (AvgIpc) is 2.58. The van der Waals surface area contributed by atoms with Crippen LogP contribution in [0.25, 0.3) is 0 Å². The van der Waals surface area contributed by atoms with Crippen molar-refractivity contribution in [1.82, 2.24) is 9.80 Å². The molecule has 2 N–H and O–H groups in total. The number of carbonyl (C=O) groups excluding carboxylic acids is 1. The van der Waals surface area contributed by atoms with Crippen LogP contribution in [0.2, 0.25) is 0 Å². The van der Waals surface area contributed by atoms with Gasteiger partial charge >= 0.3 is 6.03 Å². The predicted octanol–water partition coefficient (Wildman–Crippen LogP) is 1.36. The Bertz CT molecular complexity index is 419. The second kappa shape index (κ2) is 4.75. The molecule has 2 amide bonds. The van der Waals surface area contributed by atoms with E-state index >= 15 is 0 Å². The number of hydrogen-bond donors (Lipinski definition) is 1. The van der Waals surface area contributed by atoms with E-state index in [2.05, 4.69) is 19.1 Å². The first-order valence-corrected chi connectivity index (χ1v) is 5.92. The van der Waals surface area contributed by atoms with Crippen molar-refractivity contribution in [3.63, 3.8) is 0 Å². The van der Waals surface area contributed by atoms with Gasteiger partial charge in [-0.05, 0) is 18.1 Å². The SMILES string of the molecule is Cc1ccccc1C1CN(C)C(=O)N1CCN. The molecule has 1 unspecified atom stereocenters. The molecule has 1 aliphatic heterocycles. The summed E-state index contributed by atoms with van der Waals surface area (Å²) in [5.74, 6) is 0. The fraction of sp³-hybridized carbons (Fsp3) is 0.462. The molecule has 1 heterocycles. The highest BCUT2D eigenvalue weighted by Crippen LogP contribution is 2.30. The maximum Gasteiger partial charge on any atom is 0.320 e. The van der Waals surface area contributed by atoms with Gasteiger partial charge in [0.1, 0.15) is 0 Å². The Morgan fingerprint density at radius 1 is 1.41 bits per heavy atom. The van der Waals surface area contributed by atoms with Crippen molar-refractivity contribution in [2.45, 2.75) is 13.0 Å². The maximum absolute atomic E-state index is 12.0. The van der Waals surface area contributed by atoms with E-state index < -0.39 is 0 Å². The van der Waals surface area contributed by atoms with E-state index in [4.69, 9.17) is 5.73 Å². The van der Waals surface area contributed by atoms with E-state index in [1.54, 1.807) is 4.90 Å². The lowest BCUT2D eigenvalue weighted by Gasteiger charge is -2.23. The Balaban J connectivity index is 2.31. The molecule has 1 atom stereocenters. The van der Waals surface area contributed by atoms with Gasteiger partial charge in [0.25, 0.3) is 0 Å². The highest BCUT2D eigenvalue weighted by atomic mass is 16.2. The number of aryl methyl sites for hydroxylation is 1. The molecular formula is C13H19N3O. The third-order valence-electron chi connectivity index (χ3n) is 3.31. The van der Waals surface area contributed by atoms with Crippen LogP contribution in [0.1, 0.15) is 17.2 Å². The first-order chi connectivity index (χ1) is 8.15. The molecule has 0 aliphatic carbocycles. The molecule has 4 nitrogen and oxygen atoms in total. The number of benzene rings is 1. The monoisotopic (exact) mass is 233 g/mol. The van der Waals surface area contributed by atoms with Gasteiger partial charge in [-0.25, -0.2) is 4.79 Å². The maximum atomic E-state index is 12.0. The quantitative estimate of drug-likeness (QED) is 0.857.